The quantitative estimate of drug-likeness (QED) is 0.155. The average Bonchev–Trinajstić information content (AvgIpc) is 2.56. The number of nitrogens with one attached hydrogen (secondary N) is 2. The van der Waals surface area contributed by atoms with Crippen LogP contribution in [0.4, 0.5) is 0 Å². The highest BCUT2D eigenvalue weighted by atomic mass is 16.5. The van der Waals surface area contributed by atoms with E-state index in [1.165, 1.54) is 25.3 Å². The van der Waals surface area contributed by atoms with Gasteiger partial charge in [0.1, 0.15) is 0 Å². The molecule has 0 heterocycles. The van der Waals surface area contributed by atoms with Crippen LogP contribution in [0.2, 0.25) is 0 Å². The van der Waals surface area contributed by atoms with Crippen molar-refractivity contribution in [2.24, 2.45) is 5.11 Å². The lowest BCUT2D eigenvalue weighted by Gasteiger charge is -2.08. The number of hydrogen-bond donors (Lipinski definition) is 2. The van der Waals surface area contributed by atoms with E-state index in [9.17, 15) is 14.4 Å². The molecule has 130 valence electrons. The lowest BCUT2D eigenvalue weighted by molar-refractivity contribution is -0.119. The maximum atomic E-state index is 12.0. The van der Waals surface area contributed by atoms with Gasteiger partial charge in [-0.25, -0.2) is 0 Å². The summed E-state index contributed by atoms with van der Waals surface area (Å²) >= 11 is 0. The van der Waals surface area contributed by atoms with Crippen molar-refractivity contribution in [3.05, 3.63) is 46.4 Å². The molecule has 3 amide bonds. The Bertz CT molecular complexity index is 589. The third-order valence-electron chi connectivity index (χ3n) is 2.74. The predicted octanol–water partition coefficient (Wildman–Crippen LogP) is 1.15. The summed E-state index contributed by atoms with van der Waals surface area (Å²) in [7, 11) is 1.52. The van der Waals surface area contributed by atoms with Crippen LogP contribution in [0.5, 0.6) is 0 Å². The number of allylic oxidation sites excluding steroid dienone is 1. The number of carbonyl (C=O) groups excluding carboxylic acids is 3. The Morgan fingerprint density at radius 1 is 1.21 bits per heavy atom. The summed E-state index contributed by atoms with van der Waals surface area (Å²) in [5, 5.41) is 8.02. The van der Waals surface area contributed by atoms with Gasteiger partial charge < -0.3 is 15.4 Å². The van der Waals surface area contributed by atoms with Crippen molar-refractivity contribution < 1.29 is 19.1 Å². The number of rotatable bonds is 10. The van der Waals surface area contributed by atoms with E-state index in [0.29, 0.717) is 13.2 Å². The molecule has 0 aromatic carbocycles. The van der Waals surface area contributed by atoms with E-state index in [0.717, 1.165) is 0 Å². The third-order valence-corrected chi connectivity index (χ3v) is 2.74. The fraction of sp³-hybridized carbons (Fsp3) is 0.400. The summed E-state index contributed by atoms with van der Waals surface area (Å²) in [5.74, 6) is -1.51. The SMILES string of the molecule is C=C/C(=C\C(=C/C)C(=O)NCCC(=O)N=[N+]=[N-])C(=O)NCCOC. The zero-order chi connectivity index (χ0) is 18.4. The first-order valence-electron chi connectivity index (χ1n) is 7.13. The van der Waals surface area contributed by atoms with Gasteiger partial charge in [-0.05, 0) is 23.6 Å². The normalized spacial score (nSPS) is 11.2. The van der Waals surface area contributed by atoms with Crippen LogP contribution >= 0.6 is 0 Å². The Balaban J connectivity index is 4.76. The van der Waals surface area contributed by atoms with Gasteiger partial charge in [0.15, 0.2) is 0 Å². The summed E-state index contributed by atoms with van der Waals surface area (Å²) in [6, 6.07) is 0. The third kappa shape index (κ3) is 8.52. The molecule has 0 aromatic rings. The number of ether oxygens (including phenoxy) is 1. The van der Waals surface area contributed by atoms with Crippen molar-refractivity contribution in [1.82, 2.24) is 10.6 Å². The van der Waals surface area contributed by atoms with Crippen molar-refractivity contribution >= 4 is 17.7 Å². The van der Waals surface area contributed by atoms with Crippen LogP contribution in [0, 0.1) is 0 Å². The minimum atomic E-state index is -0.667. The molecule has 0 unspecified atom stereocenters. The Kier molecular flexibility index (Phi) is 11.1. The van der Waals surface area contributed by atoms with E-state index in [1.807, 2.05) is 0 Å². The highest BCUT2D eigenvalue weighted by Crippen LogP contribution is 2.05. The molecular weight excluding hydrogens is 314 g/mol. The van der Waals surface area contributed by atoms with Crippen LogP contribution in [0.15, 0.2) is 41.1 Å². The maximum Gasteiger partial charge on any atom is 0.251 e. The zero-order valence-electron chi connectivity index (χ0n) is 13.7. The first-order valence-corrected chi connectivity index (χ1v) is 7.13. The van der Waals surface area contributed by atoms with E-state index in [-0.39, 0.29) is 30.0 Å². The van der Waals surface area contributed by atoms with Crippen molar-refractivity contribution in [3.8, 4) is 0 Å². The lowest BCUT2D eigenvalue weighted by atomic mass is 10.1. The second-order valence-corrected chi connectivity index (χ2v) is 4.39. The Morgan fingerprint density at radius 2 is 1.83 bits per heavy atom. The molecule has 9 heteroatoms. The fourth-order valence-corrected chi connectivity index (χ4v) is 1.52. The zero-order valence-corrected chi connectivity index (χ0v) is 13.7. The summed E-state index contributed by atoms with van der Waals surface area (Å²) < 4.78 is 4.83. The van der Waals surface area contributed by atoms with Gasteiger partial charge in [-0.2, -0.15) is 0 Å². The molecule has 9 nitrogen and oxygen atoms in total. The van der Waals surface area contributed by atoms with Gasteiger partial charge in [0.05, 0.1) is 6.61 Å². The van der Waals surface area contributed by atoms with E-state index in [4.69, 9.17) is 10.3 Å². The van der Waals surface area contributed by atoms with E-state index < -0.39 is 11.8 Å². The van der Waals surface area contributed by atoms with Gasteiger partial charge in [0, 0.05) is 42.7 Å². The van der Waals surface area contributed by atoms with Gasteiger partial charge in [-0.15, -0.1) is 0 Å². The topological polar surface area (TPSA) is 133 Å². The van der Waals surface area contributed by atoms with Gasteiger partial charge in [0.2, 0.25) is 5.91 Å². The first-order chi connectivity index (χ1) is 11.5. The molecule has 0 fully saturated rings. The van der Waals surface area contributed by atoms with Gasteiger partial charge in [0.25, 0.3) is 11.8 Å². The molecule has 24 heavy (non-hydrogen) atoms. The molecule has 0 aliphatic heterocycles. The van der Waals surface area contributed by atoms with Gasteiger partial charge >= 0.3 is 0 Å². The van der Waals surface area contributed by atoms with Crippen LogP contribution in [-0.4, -0.2) is 44.5 Å². The number of amides is 3. The molecule has 0 radical (unpaired) electrons. The van der Waals surface area contributed by atoms with Gasteiger partial charge in [-0.3, -0.25) is 14.4 Å². The second-order valence-electron chi connectivity index (χ2n) is 4.39. The van der Waals surface area contributed by atoms with Gasteiger partial charge in [-0.1, -0.05) is 18.7 Å². The summed E-state index contributed by atoms with van der Waals surface area (Å²) in [6.45, 7) is 5.91. The number of nitrogens with zero attached hydrogens (tertiary/aromatic N) is 3. The molecule has 0 atom stereocenters. The highest BCUT2D eigenvalue weighted by molar-refractivity contribution is 6.02. The smallest absolute Gasteiger partial charge is 0.251 e. The largest absolute Gasteiger partial charge is 0.383 e. The van der Waals surface area contributed by atoms with Crippen LogP contribution in [-0.2, 0) is 19.1 Å². The second kappa shape index (κ2) is 12.6. The average molecular weight is 335 g/mol. The van der Waals surface area contributed by atoms with E-state index in [1.54, 1.807) is 6.92 Å². The minimum absolute atomic E-state index is 0.0192. The molecule has 2 N–H and O–H groups in total. The molecule has 0 bridgehead atoms. The summed E-state index contributed by atoms with van der Waals surface area (Å²) in [4.78, 5) is 37.4. The van der Waals surface area contributed by atoms with Crippen molar-refractivity contribution in [2.75, 3.05) is 26.8 Å². The lowest BCUT2D eigenvalue weighted by Crippen LogP contribution is -2.29. The Labute approximate surface area is 140 Å². The molecule has 0 rings (SSSR count). The van der Waals surface area contributed by atoms with E-state index in [2.05, 4.69) is 27.2 Å². The summed E-state index contributed by atoms with van der Waals surface area (Å²) in [6.07, 6.45) is 4.14. The molecule has 0 saturated heterocycles. The number of methoxy groups -OCH3 is 1. The number of carbonyl (C=O) groups is 3. The van der Waals surface area contributed by atoms with Crippen LogP contribution in [0.25, 0.3) is 10.4 Å². The Morgan fingerprint density at radius 3 is 2.38 bits per heavy atom. The Hall–Kier alpha value is -2.90. The molecular formula is C15H21N5O4. The van der Waals surface area contributed by atoms with Crippen molar-refractivity contribution in [3.63, 3.8) is 0 Å². The minimum Gasteiger partial charge on any atom is -0.383 e. The van der Waals surface area contributed by atoms with Crippen LogP contribution < -0.4 is 10.6 Å². The summed E-state index contributed by atoms with van der Waals surface area (Å²) in [5.41, 5.74) is 8.57. The maximum absolute atomic E-state index is 12.0. The monoisotopic (exact) mass is 335 g/mol. The molecule has 0 saturated carbocycles. The first kappa shape index (κ1) is 21.1. The van der Waals surface area contributed by atoms with Crippen LogP contribution in [0.3, 0.4) is 0 Å². The fourth-order valence-electron chi connectivity index (χ4n) is 1.52. The van der Waals surface area contributed by atoms with Crippen molar-refractivity contribution in [1.29, 1.82) is 0 Å². The highest BCUT2D eigenvalue weighted by Gasteiger charge is 2.11. The van der Waals surface area contributed by atoms with Crippen molar-refractivity contribution in [2.45, 2.75) is 13.3 Å². The van der Waals surface area contributed by atoms with Crippen LogP contribution in [0.1, 0.15) is 13.3 Å². The van der Waals surface area contributed by atoms with E-state index >= 15 is 0 Å². The number of azide groups is 1. The molecule has 0 aromatic heterocycles. The standard InChI is InChI=1S/C15H21N5O4/c1-4-11(14(22)17-7-6-13(21)19-20-16)10-12(5-2)15(23)18-8-9-24-3/h4-5,10H,2,6-9H2,1,3H3,(H,17,22)(H,18,23)/b11-4+,12-10+. The molecule has 0 aliphatic rings. The molecule has 0 spiro atoms. The molecule has 0 aliphatic carbocycles. The predicted molar refractivity (Wildman–Crippen MR) is 88.7 cm³/mol. The number of hydrogen-bond acceptors (Lipinski definition) is 4.